The summed E-state index contributed by atoms with van der Waals surface area (Å²) in [4.78, 5) is 46.8. The lowest BCUT2D eigenvalue weighted by Crippen LogP contribution is -2.70. The van der Waals surface area contributed by atoms with Crippen LogP contribution in [0.1, 0.15) is 140 Å². The minimum absolute atomic E-state index is 0.0193. The average molecular weight is 963 g/mol. The van der Waals surface area contributed by atoms with Gasteiger partial charge in [-0.1, -0.05) is 88.4 Å². The van der Waals surface area contributed by atoms with Gasteiger partial charge in [-0.05, 0) is 92.3 Å². The van der Waals surface area contributed by atoms with Gasteiger partial charge in [0.2, 0.25) is 11.7 Å². The van der Waals surface area contributed by atoms with Crippen molar-refractivity contribution in [2.75, 3.05) is 52.7 Å². The van der Waals surface area contributed by atoms with Crippen LogP contribution in [0.25, 0.3) is 0 Å². The number of fused-ring (bicyclic) bond motifs is 2. The fourth-order valence-corrected chi connectivity index (χ4v) is 10.4. The maximum Gasteiger partial charge on any atom is 0.412 e. The maximum absolute atomic E-state index is 15.0. The Bertz CT molecular complexity index is 1980. The van der Waals surface area contributed by atoms with Crippen LogP contribution in [-0.2, 0) is 25.7 Å². The third kappa shape index (κ3) is 15.3. The highest BCUT2D eigenvalue weighted by molar-refractivity contribution is 6.03. The molecular formula is C53H78N4O12. The first-order valence-corrected chi connectivity index (χ1v) is 25.5. The lowest BCUT2D eigenvalue weighted by molar-refractivity contribution is -0.384. The van der Waals surface area contributed by atoms with E-state index < -0.39 is 28.8 Å². The molecule has 2 aliphatic carbocycles. The van der Waals surface area contributed by atoms with Gasteiger partial charge in [0.25, 0.3) is 5.69 Å². The van der Waals surface area contributed by atoms with Crippen LogP contribution in [0, 0.1) is 27.9 Å². The Labute approximate surface area is 408 Å². The van der Waals surface area contributed by atoms with Gasteiger partial charge in [0.15, 0.2) is 0 Å². The normalized spacial score (nSPS) is 21.9. The molecule has 1 aliphatic heterocycles. The predicted octanol–water partition coefficient (Wildman–Crippen LogP) is 9.30. The van der Waals surface area contributed by atoms with E-state index in [1.165, 1.54) is 44.2 Å². The molecule has 382 valence electrons. The summed E-state index contributed by atoms with van der Waals surface area (Å²) in [5.74, 6) is -1.78. The van der Waals surface area contributed by atoms with Gasteiger partial charge in [-0.3, -0.25) is 14.9 Å². The quantitative estimate of drug-likeness (QED) is 0.0228. The number of allylic oxidation sites excluding steroid dienone is 1. The summed E-state index contributed by atoms with van der Waals surface area (Å²) in [6.45, 7) is 8.87. The number of nitro benzene ring substituents is 1. The molecule has 0 radical (unpaired) electrons. The van der Waals surface area contributed by atoms with Crippen LogP contribution in [0.5, 0.6) is 11.5 Å². The fraction of sp³-hybridized carbons (Fsp3) is 0.642. The van der Waals surface area contributed by atoms with Crippen LogP contribution in [0.4, 0.5) is 10.5 Å². The fourth-order valence-electron chi connectivity index (χ4n) is 10.4. The topological polar surface area (TPSA) is 212 Å². The molecule has 0 bridgehead atoms. The van der Waals surface area contributed by atoms with Gasteiger partial charge in [0.1, 0.15) is 24.1 Å². The SMILES string of the molecule is C=CCOC12Oc3ccc(OC(=O)NCC)cc3C3C(CCCCO)C(CCCCO)C=C(C(=NOCc4ccc([N+](=O)[O-])cc4)CC1N(CCOCCO)C(=O)CCCCCCCCCCC)C32. The van der Waals surface area contributed by atoms with Crippen molar-refractivity contribution in [1.82, 2.24) is 10.2 Å². The van der Waals surface area contributed by atoms with Crippen molar-refractivity contribution in [2.45, 2.75) is 147 Å². The number of non-ortho nitro benzene ring substituents is 1. The lowest BCUT2D eigenvalue weighted by atomic mass is 9.55. The van der Waals surface area contributed by atoms with Gasteiger partial charge in [-0.15, -0.1) is 6.58 Å². The number of benzene rings is 2. The molecule has 2 aromatic rings. The second-order valence-electron chi connectivity index (χ2n) is 18.4. The van der Waals surface area contributed by atoms with Gasteiger partial charge in [0.05, 0.1) is 43.0 Å². The summed E-state index contributed by atoms with van der Waals surface area (Å²) in [7, 11) is 0. The summed E-state index contributed by atoms with van der Waals surface area (Å²) >= 11 is 0. The highest BCUT2D eigenvalue weighted by atomic mass is 16.7. The number of rotatable bonds is 33. The third-order valence-electron chi connectivity index (χ3n) is 13.6. The Morgan fingerprint density at radius 3 is 2.30 bits per heavy atom. The van der Waals surface area contributed by atoms with Crippen LogP contribution in [0.3, 0.4) is 0 Å². The first-order chi connectivity index (χ1) is 33.7. The van der Waals surface area contributed by atoms with E-state index in [4.69, 9.17) is 28.9 Å². The molecule has 2 aromatic carbocycles. The minimum Gasteiger partial charge on any atom is -0.459 e. The van der Waals surface area contributed by atoms with E-state index in [1.807, 2.05) is 17.9 Å². The molecule has 0 aromatic heterocycles. The van der Waals surface area contributed by atoms with E-state index in [2.05, 4.69) is 24.9 Å². The van der Waals surface area contributed by atoms with Crippen molar-refractivity contribution in [3.05, 3.63) is 88.0 Å². The molecule has 16 heteroatoms. The van der Waals surface area contributed by atoms with E-state index in [1.54, 1.807) is 30.3 Å². The van der Waals surface area contributed by atoms with E-state index in [9.17, 15) is 35.0 Å². The van der Waals surface area contributed by atoms with Gasteiger partial charge >= 0.3 is 6.09 Å². The standard InChI is InChI=1S/C53H78N4O12/c1-4-7-8-9-10-11-12-13-14-21-49(61)56(28-33-65-34-31-60)48-37-46(55-67-38-39-22-24-41(25-23-39)57(63)64)44-35-40(19-15-17-29-58)43(20-16-18-30-59)50-45-36-42(68-52(62)54-6-3)26-27-47(45)69-53(48,51(44)50)66-32-5-2/h5,22-27,35-36,40,43,48,50-51,58-60H,2,4,6-21,28-34,37-38H2,1,3H3,(H,54,62). The Morgan fingerprint density at radius 2 is 1.64 bits per heavy atom. The zero-order chi connectivity index (χ0) is 49.4. The van der Waals surface area contributed by atoms with E-state index in [0.717, 1.165) is 56.1 Å². The average Bonchev–Trinajstić information content (AvgIpc) is 3.34. The van der Waals surface area contributed by atoms with E-state index >= 15 is 0 Å². The number of hydrogen-bond acceptors (Lipinski definition) is 13. The molecule has 16 nitrogen and oxygen atoms in total. The third-order valence-corrected chi connectivity index (χ3v) is 13.6. The number of oxime groups is 1. The molecule has 3 aliphatic rings. The van der Waals surface area contributed by atoms with Gasteiger partial charge < -0.3 is 49.3 Å². The molecule has 6 atom stereocenters. The highest BCUT2D eigenvalue weighted by Crippen LogP contribution is 2.62. The summed E-state index contributed by atoms with van der Waals surface area (Å²) < 4.78 is 26.1. The van der Waals surface area contributed by atoms with Crippen molar-refractivity contribution in [3.8, 4) is 11.5 Å². The number of aliphatic hydroxyl groups is 3. The molecule has 69 heavy (non-hydrogen) atoms. The van der Waals surface area contributed by atoms with Crippen molar-refractivity contribution < 1.29 is 53.6 Å². The first-order valence-electron chi connectivity index (χ1n) is 25.5. The molecule has 0 saturated heterocycles. The molecule has 1 heterocycles. The first kappa shape index (κ1) is 55.1. The number of carbonyl (C=O) groups is 2. The highest BCUT2D eigenvalue weighted by Gasteiger charge is 2.65. The molecule has 5 rings (SSSR count). The monoisotopic (exact) mass is 963 g/mol. The molecule has 0 spiro atoms. The lowest BCUT2D eigenvalue weighted by Gasteiger charge is -2.60. The van der Waals surface area contributed by atoms with Crippen molar-refractivity contribution in [3.63, 3.8) is 0 Å². The van der Waals surface area contributed by atoms with Crippen LogP contribution in [0.2, 0.25) is 0 Å². The number of unbranched alkanes of at least 4 members (excludes halogenated alkanes) is 10. The second kappa shape index (κ2) is 29.3. The Kier molecular flexibility index (Phi) is 23.4. The number of nitro groups is 1. The molecule has 2 amide bonds. The number of aliphatic hydroxyl groups excluding tert-OH is 3. The van der Waals surface area contributed by atoms with Gasteiger partial charge in [0, 0.05) is 62.8 Å². The van der Waals surface area contributed by atoms with Crippen LogP contribution >= 0.6 is 0 Å². The van der Waals surface area contributed by atoms with Crippen LogP contribution < -0.4 is 14.8 Å². The van der Waals surface area contributed by atoms with Crippen molar-refractivity contribution in [2.24, 2.45) is 22.9 Å². The van der Waals surface area contributed by atoms with Crippen LogP contribution in [0.15, 0.2) is 71.9 Å². The van der Waals surface area contributed by atoms with Crippen molar-refractivity contribution >= 4 is 23.4 Å². The second-order valence-corrected chi connectivity index (χ2v) is 18.4. The molecule has 1 saturated carbocycles. The largest absolute Gasteiger partial charge is 0.459 e. The zero-order valence-corrected chi connectivity index (χ0v) is 41.0. The number of hydrogen-bond donors (Lipinski definition) is 4. The Morgan fingerprint density at radius 1 is 0.928 bits per heavy atom. The number of amides is 2. The van der Waals surface area contributed by atoms with Gasteiger partial charge in [-0.25, -0.2) is 4.79 Å². The number of ether oxygens (including phenoxy) is 4. The molecule has 1 fully saturated rings. The Hall–Kier alpha value is -4.87. The molecular weight excluding hydrogens is 885 g/mol. The summed E-state index contributed by atoms with van der Waals surface area (Å²) in [6.07, 6.45) is 17.8. The van der Waals surface area contributed by atoms with E-state index in [0.29, 0.717) is 48.6 Å². The summed E-state index contributed by atoms with van der Waals surface area (Å²) in [5.41, 5.74) is 2.87. The maximum atomic E-state index is 15.0. The van der Waals surface area contributed by atoms with E-state index in [-0.39, 0.29) is 95.0 Å². The predicted molar refractivity (Wildman–Crippen MR) is 264 cm³/mol. The zero-order valence-electron chi connectivity index (χ0n) is 41.0. The number of carbonyl (C=O) groups excluding carboxylic acids is 2. The molecule has 4 N–H and O–H groups in total. The summed E-state index contributed by atoms with van der Waals surface area (Å²) in [6, 6.07) is 10.7. The smallest absolute Gasteiger partial charge is 0.412 e. The van der Waals surface area contributed by atoms with Crippen molar-refractivity contribution in [1.29, 1.82) is 0 Å². The number of nitrogens with one attached hydrogen (secondary N) is 1. The molecule has 6 unspecified atom stereocenters. The minimum atomic E-state index is -1.51. The van der Waals surface area contributed by atoms with Gasteiger partial charge in [-0.2, -0.15) is 0 Å². The number of nitrogens with zero attached hydrogens (tertiary/aromatic N) is 3. The summed E-state index contributed by atoms with van der Waals surface area (Å²) in [5, 5.41) is 48.6. The van der Waals surface area contributed by atoms with Crippen LogP contribution in [-0.4, -0.2) is 107 Å². The Balaban J connectivity index is 1.68.